The fourth-order valence-electron chi connectivity index (χ4n) is 3.78. The van der Waals surface area contributed by atoms with Gasteiger partial charge in [-0.2, -0.15) is 5.10 Å². The molecule has 2 heterocycles. The number of anilines is 1. The molecule has 28 heavy (non-hydrogen) atoms. The van der Waals surface area contributed by atoms with Crippen molar-refractivity contribution in [2.45, 2.75) is 58.4 Å². The Morgan fingerprint density at radius 3 is 2.68 bits per heavy atom. The molecule has 0 radical (unpaired) electrons. The molecule has 2 aromatic rings. The number of rotatable bonds is 4. The normalized spacial score (nSPS) is 15.1. The molecular formula is C20H28N4O2S2. The quantitative estimate of drug-likeness (QED) is 0.568. The molecule has 1 atom stereocenters. The highest BCUT2D eigenvalue weighted by Gasteiger charge is 2.25. The van der Waals surface area contributed by atoms with Crippen molar-refractivity contribution >= 4 is 39.6 Å². The minimum Gasteiger partial charge on any atom is -0.465 e. The number of nitrogens with one attached hydrogen (secondary N) is 2. The number of hydrogen-bond donors (Lipinski definition) is 2. The first-order valence-corrected chi connectivity index (χ1v) is 10.9. The van der Waals surface area contributed by atoms with Gasteiger partial charge in [-0.3, -0.25) is 4.68 Å². The van der Waals surface area contributed by atoms with E-state index in [2.05, 4.69) is 15.7 Å². The molecule has 1 unspecified atom stereocenters. The lowest BCUT2D eigenvalue weighted by atomic mass is 9.96. The molecule has 0 aromatic carbocycles. The van der Waals surface area contributed by atoms with Gasteiger partial charge in [-0.05, 0) is 57.3 Å². The van der Waals surface area contributed by atoms with Crippen LogP contribution in [0, 0.1) is 6.92 Å². The molecule has 1 aliphatic carbocycles. The molecule has 0 saturated carbocycles. The van der Waals surface area contributed by atoms with Crippen LogP contribution < -0.4 is 10.6 Å². The van der Waals surface area contributed by atoms with Crippen LogP contribution in [0.1, 0.15) is 70.7 Å². The predicted octanol–water partition coefficient (Wildman–Crippen LogP) is 4.28. The highest BCUT2D eigenvalue weighted by molar-refractivity contribution is 7.80. The number of hydrogen-bond acceptors (Lipinski definition) is 5. The van der Waals surface area contributed by atoms with Gasteiger partial charge in [-0.15, -0.1) is 11.3 Å². The summed E-state index contributed by atoms with van der Waals surface area (Å²) in [5.41, 5.74) is 3.86. The maximum Gasteiger partial charge on any atom is 0.341 e. The number of fused-ring (bicyclic) bond motifs is 1. The van der Waals surface area contributed by atoms with E-state index >= 15 is 0 Å². The van der Waals surface area contributed by atoms with Crippen LogP contribution in [0.4, 0.5) is 5.00 Å². The second kappa shape index (κ2) is 9.05. The summed E-state index contributed by atoms with van der Waals surface area (Å²) in [5.74, 6) is -0.292. The summed E-state index contributed by atoms with van der Waals surface area (Å²) in [7, 11) is 3.34. The molecule has 0 aliphatic heterocycles. The summed E-state index contributed by atoms with van der Waals surface area (Å²) >= 11 is 7.17. The third kappa shape index (κ3) is 4.55. The minimum atomic E-state index is -0.292. The van der Waals surface area contributed by atoms with E-state index in [1.54, 1.807) is 16.0 Å². The Hall–Kier alpha value is -1.93. The zero-order valence-electron chi connectivity index (χ0n) is 16.9. The summed E-state index contributed by atoms with van der Waals surface area (Å²) in [4.78, 5) is 13.8. The molecular weight excluding hydrogens is 392 g/mol. The number of aryl methyl sites for hydroxylation is 3. The number of carbonyl (C=O) groups is 1. The molecule has 1 aliphatic rings. The van der Waals surface area contributed by atoms with Crippen LogP contribution in [0.15, 0.2) is 6.20 Å². The predicted molar refractivity (Wildman–Crippen MR) is 117 cm³/mol. The Morgan fingerprint density at radius 2 is 2.04 bits per heavy atom. The maximum absolute atomic E-state index is 12.5. The number of esters is 1. The summed E-state index contributed by atoms with van der Waals surface area (Å²) in [6.07, 6.45) is 8.64. The fourth-order valence-corrected chi connectivity index (χ4v) is 5.41. The third-order valence-electron chi connectivity index (χ3n) is 5.15. The van der Waals surface area contributed by atoms with E-state index in [9.17, 15) is 4.79 Å². The number of nitrogens with zero attached hydrogens (tertiary/aromatic N) is 2. The van der Waals surface area contributed by atoms with Crippen LogP contribution >= 0.6 is 23.6 Å². The van der Waals surface area contributed by atoms with Crippen LogP contribution in [-0.4, -0.2) is 28.0 Å². The molecule has 2 N–H and O–H groups in total. The standard InChI is InChI=1S/C20H28N4O2S2/c1-12(15-11-24(3)23-13(15)2)21-20(27)22-18-17(19(25)26-4)14-9-7-5-6-8-10-16(14)28-18/h11-12H,5-10H2,1-4H3,(H2,21,22,27). The Balaban J connectivity index is 1.80. The zero-order chi connectivity index (χ0) is 20.3. The van der Waals surface area contributed by atoms with E-state index in [0.29, 0.717) is 10.7 Å². The largest absolute Gasteiger partial charge is 0.465 e. The average Bonchev–Trinajstić information content (AvgIpc) is 3.13. The minimum absolute atomic E-state index is 0.0104. The second-order valence-electron chi connectivity index (χ2n) is 7.28. The number of methoxy groups -OCH3 is 1. The van der Waals surface area contributed by atoms with E-state index in [1.807, 2.05) is 27.1 Å². The molecule has 2 aromatic heterocycles. The Labute approximate surface area is 175 Å². The van der Waals surface area contributed by atoms with Gasteiger partial charge in [0.05, 0.1) is 24.4 Å². The SMILES string of the molecule is COC(=O)c1c(NC(=S)NC(C)c2cn(C)nc2C)sc2c1CCCCCC2. The van der Waals surface area contributed by atoms with Crippen LogP contribution in [0.5, 0.6) is 0 Å². The van der Waals surface area contributed by atoms with Gasteiger partial charge >= 0.3 is 5.97 Å². The lowest BCUT2D eigenvalue weighted by molar-refractivity contribution is 0.0601. The number of thiocarbonyl (C=S) groups is 1. The number of ether oxygens (including phenoxy) is 1. The first-order chi connectivity index (χ1) is 13.4. The van der Waals surface area contributed by atoms with Crippen LogP contribution in [-0.2, 0) is 24.6 Å². The van der Waals surface area contributed by atoms with Gasteiger partial charge in [0.25, 0.3) is 0 Å². The van der Waals surface area contributed by atoms with Crippen LogP contribution in [0.3, 0.4) is 0 Å². The van der Waals surface area contributed by atoms with Crippen molar-refractivity contribution in [3.8, 4) is 0 Å². The molecule has 0 amide bonds. The molecule has 3 rings (SSSR count). The number of thiophene rings is 1. The topological polar surface area (TPSA) is 68.2 Å². The van der Waals surface area contributed by atoms with Gasteiger partial charge in [0.15, 0.2) is 5.11 Å². The lowest BCUT2D eigenvalue weighted by Gasteiger charge is -2.16. The average molecular weight is 421 g/mol. The molecule has 0 fully saturated rings. The van der Waals surface area contributed by atoms with Crippen molar-refractivity contribution in [3.63, 3.8) is 0 Å². The number of carbonyl (C=O) groups excluding carboxylic acids is 1. The smallest absolute Gasteiger partial charge is 0.341 e. The van der Waals surface area contributed by atoms with E-state index in [1.165, 1.54) is 24.8 Å². The Kier molecular flexibility index (Phi) is 6.72. The van der Waals surface area contributed by atoms with E-state index in [4.69, 9.17) is 17.0 Å². The number of aromatic nitrogens is 2. The zero-order valence-corrected chi connectivity index (χ0v) is 18.6. The van der Waals surface area contributed by atoms with Gasteiger partial charge in [0, 0.05) is 23.7 Å². The van der Waals surface area contributed by atoms with Crippen LogP contribution in [0.25, 0.3) is 0 Å². The van der Waals surface area contributed by atoms with Crippen molar-refractivity contribution in [1.29, 1.82) is 0 Å². The van der Waals surface area contributed by atoms with Crippen LogP contribution in [0.2, 0.25) is 0 Å². The van der Waals surface area contributed by atoms with Crippen molar-refractivity contribution in [1.82, 2.24) is 15.1 Å². The van der Waals surface area contributed by atoms with E-state index in [-0.39, 0.29) is 12.0 Å². The summed E-state index contributed by atoms with van der Waals surface area (Å²) in [5, 5.41) is 12.2. The monoisotopic (exact) mass is 420 g/mol. The van der Waals surface area contributed by atoms with Gasteiger partial charge in [0.2, 0.25) is 0 Å². The molecule has 0 bridgehead atoms. The van der Waals surface area contributed by atoms with Crippen molar-refractivity contribution in [2.75, 3.05) is 12.4 Å². The van der Waals surface area contributed by atoms with Gasteiger partial charge in [0.1, 0.15) is 5.00 Å². The van der Waals surface area contributed by atoms with Crippen molar-refractivity contribution in [3.05, 3.63) is 33.5 Å². The van der Waals surface area contributed by atoms with Crippen molar-refractivity contribution in [2.24, 2.45) is 7.05 Å². The van der Waals surface area contributed by atoms with E-state index < -0.39 is 0 Å². The third-order valence-corrected chi connectivity index (χ3v) is 6.58. The second-order valence-corrected chi connectivity index (χ2v) is 8.79. The highest BCUT2D eigenvalue weighted by Crippen LogP contribution is 2.37. The summed E-state index contributed by atoms with van der Waals surface area (Å²) in [6, 6.07) is 0.0104. The Bertz CT molecular complexity index is 872. The molecule has 8 heteroatoms. The summed E-state index contributed by atoms with van der Waals surface area (Å²) < 4.78 is 6.88. The Morgan fingerprint density at radius 1 is 1.32 bits per heavy atom. The van der Waals surface area contributed by atoms with Gasteiger partial charge in [-0.25, -0.2) is 4.79 Å². The lowest BCUT2D eigenvalue weighted by Crippen LogP contribution is -2.31. The van der Waals surface area contributed by atoms with Crippen molar-refractivity contribution < 1.29 is 9.53 Å². The molecule has 152 valence electrons. The molecule has 6 nitrogen and oxygen atoms in total. The molecule has 0 saturated heterocycles. The van der Waals surface area contributed by atoms with Gasteiger partial charge < -0.3 is 15.4 Å². The fraction of sp³-hybridized carbons (Fsp3) is 0.550. The maximum atomic E-state index is 12.5. The highest BCUT2D eigenvalue weighted by atomic mass is 32.1. The molecule has 0 spiro atoms. The summed E-state index contributed by atoms with van der Waals surface area (Å²) in [6.45, 7) is 4.03. The first kappa shape index (κ1) is 20.8. The van der Waals surface area contributed by atoms with E-state index in [0.717, 1.165) is 47.5 Å². The first-order valence-electron chi connectivity index (χ1n) is 9.71. The van der Waals surface area contributed by atoms with Gasteiger partial charge in [-0.1, -0.05) is 12.8 Å².